The van der Waals surface area contributed by atoms with Gasteiger partial charge in [-0.15, -0.1) is 0 Å². The number of fused-ring (bicyclic) bond motifs is 3. The molecule has 3 aromatic rings. The quantitative estimate of drug-likeness (QED) is 0.641. The fourth-order valence-corrected chi connectivity index (χ4v) is 2.19. The Morgan fingerprint density at radius 2 is 2.06 bits per heavy atom. The van der Waals surface area contributed by atoms with Crippen molar-refractivity contribution in [2.45, 2.75) is 13.8 Å². The van der Waals surface area contributed by atoms with Crippen LogP contribution in [0.25, 0.3) is 21.8 Å². The maximum atomic E-state index is 5.68. The molecule has 3 rings (SSSR count). The summed E-state index contributed by atoms with van der Waals surface area (Å²) < 4.78 is 5.68. The molecule has 0 unspecified atom stereocenters. The largest absolute Gasteiger partial charge is 0.493 e. The van der Waals surface area contributed by atoms with Crippen LogP contribution in [0.3, 0.4) is 0 Å². The summed E-state index contributed by atoms with van der Waals surface area (Å²) in [6.07, 6.45) is 1.80. The Morgan fingerprint density at radius 1 is 1.17 bits per heavy atom. The van der Waals surface area contributed by atoms with Gasteiger partial charge in [0.25, 0.3) is 0 Å². The summed E-state index contributed by atoms with van der Waals surface area (Å²) in [7, 11) is 0. The van der Waals surface area contributed by atoms with Crippen molar-refractivity contribution >= 4 is 21.8 Å². The normalized spacial score (nSPS) is 11.0. The first-order chi connectivity index (χ1) is 8.79. The minimum Gasteiger partial charge on any atom is -0.493 e. The Hall–Kier alpha value is -2.16. The summed E-state index contributed by atoms with van der Waals surface area (Å²) in [6, 6.07) is 10.1. The van der Waals surface area contributed by atoms with Crippen molar-refractivity contribution in [1.29, 1.82) is 0 Å². The molecule has 3 nitrogen and oxygen atoms in total. The molecule has 0 aliphatic heterocycles. The highest BCUT2D eigenvalue weighted by molar-refractivity contribution is 6.04. The molecule has 2 heterocycles. The molecule has 0 amide bonds. The lowest BCUT2D eigenvalue weighted by Crippen LogP contribution is -1.96. The second-order valence-corrected chi connectivity index (χ2v) is 4.23. The number of nitrogens with zero attached hydrogens (tertiary/aromatic N) is 2. The molecule has 0 N–H and O–H groups in total. The van der Waals surface area contributed by atoms with Crippen LogP contribution in [0.5, 0.6) is 5.75 Å². The molecule has 18 heavy (non-hydrogen) atoms. The first-order valence-electron chi connectivity index (χ1n) is 6.07. The van der Waals surface area contributed by atoms with Gasteiger partial charge < -0.3 is 4.74 Å². The van der Waals surface area contributed by atoms with Gasteiger partial charge >= 0.3 is 0 Å². The standard InChI is InChI=1S/C15H14N2O/c1-3-18-13-9-10(2)17-15-12(13)7-6-11-5-4-8-16-14(11)15/h4-9H,3H2,1-2H3. The number of benzene rings is 1. The molecule has 2 aromatic heterocycles. The van der Waals surface area contributed by atoms with Crippen LogP contribution < -0.4 is 4.74 Å². The van der Waals surface area contributed by atoms with Crippen LogP contribution in [0.1, 0.15) is 12.6 Å². The highest BCUT2D eigenvalue weighted by Gasteiger charge is 2.08. The van der Waals surface area contributed by atoms with E-state index in [2.05, 4.69) is 22.1 Å². The lowest BCUT2D eigenvalue weighted by molar-refractivity contribution is 0.344. The van der Waals surface area contributed by atoms with E-state index >= 15 is 0 Å². The average Bonchev–Trinajstić information content (AvgIpc) is 2.39. The lowest BCUT2D eigenvalue weighted by atomic mass is 10.1. The van der Waals surface area contributed by atoms with Gasteiger partial charge in [-0.2, -0.15) is 0 Å². The van der Waals surface area contributed by atoms with Crippen molar-refractivity contribution in [3.05, 3.63) is 42.2 Å². The van der Waals surface area contributed by atoms with Crippen molar-refractivity contribution in [3.8, 4) is 5.75 Å². The molecule has 0 bridgehead atoms. The number of rotatable bonds is 2. The van der Waals surface area contributed by atoms with Crippen molar-refractivity contribution in [3.63, 3.8) is 0 Å². The van der Waals surface area contributed by atoms with Crippen LogP contribution in [0.2, 0.25) is 0 Å². The molecule has 0 radical (unpaired) electrons. The number of aromatic nitrogens is 2. The monoisotopic (exact) mass is 238 g/mol. The van der Waals surface area contributed by atoms with Crippen molar-refractivity contribution < 1.29 is 4.74 Å². The summed E-state index contributed by atoms with van der Waals surface area (Å²) >= 11 is 0. The summed E-state index contributed by atoms with van der Waals surface area (Å²) in [5, 5.41) is 2.12. The maximum Gasteiger partial charge on any atom is 0.130 e. The summed E-state index contributed by atoms with van der Waals surface area (Å²) in [5.74, 6) is 0.882. The zero-order chi connectivity index (χ0) is 12.5. The topological polar surface area (TPSA) is 35.0 Å². The number of hydrogen-bond acceptors (Lipinski definition) is 3. The molecule has 0 fully saturated rings. The summed E-state index contributed by atoms with van der Waals surface area (Å²) in [6.45, 7) is 4.61. The van der Waals surface area contributed by atoms with E-state index in [9.17, 15) is 0 Å². The fraction of sp³-hybridized carbons (Fsp3) is 0.200. The Kier molecular flexibility index (Phi) is 2.59. The van der Waals surface area contributed by atoms with Crippen LogP contribution in [-0.4, -0.2) is 16.6 Å². The number of ether oxygens (including phenoxy) is 1. The van der Waals surface area contributed by atoms with Crippen molar-refractivity contribution in [1.82, 2.24) is 9.97 Å². The van der Waals surface area contributed by atoms with E-state index in [0.29, 0.717) is 6.61 Å². The molecule has 1 aromatic carbocycles. The highest BCUT2D eigenvalue weighted by Crippen LogP contribution is 2.29. The van der Waals surface area contributed by atoms with Gasteiger partial charge in [0, 0.05) is 28.7 Å². The van der Waals surface area contributed by atoms with E-state index < -0.39 is 0 Å². The van der Waals surface area contributed by atoms with Gasteiger partial charge in [-0.05, 0) is 26.0 Å². The molecule has 0 atom stereocenters. The van der Waals surface area contributed by atoms with Gasteiger partial charge in [-0.3, -0.25) is 9.97 Å². The SMILES string of the molecule is CCOc1cc(C)nc2c1ccc1cccnc12. The highest BCUT2D eigenvalue weighted by atomic mass is 16.5. The maximum absolute atomic E-state index is 5.68. The van der Waals surface area contributed by atoms with E-state index in [4.69, 9.17) is 4.74 Å². The average molecular weight is 238 g/mol. The van der Waals surface area contributed by atoms with Gasteiger partial charge in [-0.1, -0.05) is 12.1 Å². The van der Waals surface area contributed by atoms with Gasteiger partial charge in [0.1, 0.15) is 11.3 Å². The number of hydrogen-bond donors (Lipinski definition) is 0. The lowest BCUT2D eigenvalue weighted by Gasteiger charge is -2.09. The van der Waals surface area contributed by atoms with Crippen molar-refractivity contribution in [2.24, 2.45) is 0 Å². The Bertz CT molecular complexity index is 722. The first kappa shape index (κ1) is 11.0. The van der Waals surface area contributed by atoms with Gasteiger partial charge in [0.15, 0.2) is 0 Å². The smallest absolute Gasteiger partial charge is 0.130 e. The van der Waals surface area contributed by atoms with Crippen LogP contribution >= 0.6 is 0 Å². The van der Waals surface area contributed by atoms with Crippen LogP contribution in [0.15, 0.2) is 36.5 Å². The minimum atomic E-state index is 0.652. The van der Waals surface area contributed by atoms with Gasteiger partial charge in [-0.25, -0.2) is 0 Å². The molecule has 0 aliphatic carbocycles. The molecule has 0 spiro atoms. The number of pyridine rings is 2. The third kappa shape index (κ3) is 1.68. The fourth-order valence-electron chi connectivity index (χ4n) is 2.19. The Labute approximate surface area is 105 Å². The zero-order valence-corrected chi connectivity index (χ0v) is 10.5. The predicted octanol–water partition coefficient (Wildman–Crippen LogP) is 3.49. The number of aryl methyl sites for hydroxylation is 1. The Balaban J connectivity index is 2.43. The first-order valence-corrected chi connectivity index (χ1v) is 6.07. The van der Waals surface area contributed by atoms with E-state index in [1.165, 1.54) is 0 Å². The van der Waals surface area contributed by atoms with Crippen molar-refractivity contribution in [2.75, 3.05) is 6.61 Å². The molecule has 3 heteroatoms. The predicted molar refractivity (Wildman–Crippen MR) is 73.0 cm³/mol. The minimum absolute atomic E-state index is 0.652. The third-order valence-corrected chi connectivity index (χ3v) is 2.94. The van der Waals surface area contributed by atoms with Gasteiger partial charge in [0.05, 0.1) is 12.1 Å². The van der Waals surface area contributed by atoms with E-state index in [-0.39, 0.29) is 0 Å². The van der Waals surface area contributed by atoms with Crippen LogP contribution in [0.4, 0.5) is 0 Å². The molecular weight excluding hydrogens is 224 g/mol. The second kappa shape index (κ2) is 4.26. The summed E-state index contributed by atoms with van der Waals surface area (Å²) in [5.41, 5.74) is 2.79. The molecule has 0 saturated carbocycles. The Morgan fingerprint density at radius 3 is 2.89 bits per heavy atom. The molecular formula is C15H14N2O. The van der Waals surface area contributed by atoms with Gasteiger partial charge in [0.2, 0.25) is 0 Å². The van der Waals surface area contributed by atoms with E-state index in [1.54, 1.807) is 6.20 Å². The van der Waals surface area contributed by atoms with Crippen LogP contribution in [0, 0.1) is 6.92 Å². The zero-order valence-electron chi connectivity index (χ0n) is 10.5. The van der Waals surface area contributed by atoms with E-state index in [0.717, 1.165) is 33.2 Å². The third-order valence-electron chi connectivity index (χ3n) is 2.94. The molecule has 0 saturated heterocycles. The molecule has 0 aliphatic rings. The summed E-state index contributed by atoms with van der Waals surface area (Å²) in [4.78, 5) is 9.04. The van der Waals surface area contributed by atoms with Crippen LogP contribution in [-0.2, 0) is 0 Å². The molecule has 90 valence electrons. The second-order valence-electron chi connectivity index (χ2n) is 4.23. The van der Waals surface area contributed by atoms with E-state index in [1.807, 2.05) is 32.0 Å².